The van der Waals surface area contributed by atoms with Crippen LogP contribution in [0, 0.1) is 6.92 Å². The fraction of sp³-hybridized carbons (Fsp3) is 0.462. The number of aryl methyl sites for hydroxylation is 1. The van der Waals surface area contributed by atoms with Gasteiger partial charge in [0.2, 0.25) is 0 Å². The molecule has 0 aliphatic rings. The maximum atomic E-state index is 5.75. The van der Waals surface area contributed by atoms with Crippen molar-refractivity contribution in [2.45, 2.75) is 13.3 Å². The minimum absolute atomic E-state index is 0.722. The summed E-state index contributed by atoms with van der Waals surface area (Å²) < 4.78 is 11.9. The minimum Gasteiger partial charge on any atom is -0.440 e. The first-order chi connectivity index (χ1) is 9.20. The average molecular weight is 345 g/mol. The Labute approximate surface area is 125 Å². The van der Waals surface area contributed by atoms with E-state index in [0.29, 0.717) is 0 Å². The van der Waals surface area contributed by atoms with Gasteiger partial charge < -0.3 is 14.5 Å². The third-order valence-electron chi connectivity index (χ3n) is 2.65. The highest BCUT2D eigenvalue weighted by atomic mass is 79.9. The molecule has 0 saturated heterocycles. The summed E-state index contributed by atoms with van der Waals surface area (Å²) in [4.78, 5) is 5.41. The molecule has 2 heterocycles. The molecular formula is C13H17BrN2O2S. The SMILES string of the molecule is COCCNCCc1ncc(-c2cc(C)c(Br)s2)o1. The van der Waals surface area contributed by atoms with Crippen LogP contribution in [0.1, 0.15) is 11.5 Å². The van der Waals surface area contributed by atoms with Crippen molar-refractivity contribution < 1.29 is 9.15 Å². The highest BCUT2D eigenvalue weighted by Crippen LogP contribution is 2.34. The van der Waals surface area contributed by atoms with Gasteiger partial charge >= 0.3 is 0 Å². The number of rotatable bonds is 7. The van der Waals surface area contributed by atoms with Gasteiger partial charge in [-0.05, 0) is 34.5 Å². The molecule has 0 aliphatic heterocycles. The van der Waals surface area contributed by atoms with Crippen molar-refractivity contribution >= 4 is 27.3 Å². The molecule has 104 valence electrons. The van der Waals surface area contributed by atoms with Crippen LogP contribution >= 0.6 is 27.3 Å². The van der Waals surface area contributed by atoms with Crippen molar-refractivity contribution in [2.75, 3.05) is 26.8 Å². The number of nitrogens with zero attached hydrogens (tertiary/aromatic N) is 1. The molecule has 0 aliphatic carbocycles. The lowest BCUT2D eigenvalue weighted by atomic mass is 10.3. The monoisotopic (exact) mass is 344 g/mol. The fourth-order valence-corrected chi connectivity index (χ4v) is 3.10. The maximum absolute atomic E-state index is 5.75. The number of thiophene rings is 1. The second kappa shape index (κ2) is 7.19. The van der Waals surface area contributed by atoms with E-state index in [0.717, 1.165) is 46.4 Å². The first kappa shape index (κ1) is 14.7. The number of methoxy groups -OCH3 is 1. The maximum Gasteiger partial charge on any atom is 0.196 e. The molecule has 6 heteroatoms. The number of hydrogen-bond donors (Lipinski definition) is 1. The Kier molecular flexibility index (Phi) is 5.57. The van der Waals surface area contributed by atoms with Crippen molar-refractivity contribution in [3.05, 3.63) is 27.5 Å². The summed E-state index contributed by atoms with van der Waals surface area (Å²) in [5.41, 5.74) is 1.22. The quantitative estimate of drug-likeness (QED) is 0.783. The Morgan fingerprint density at radius 3 is 3.00 bits per heavy atom. The molecule has 2 aromatic rings. The first-order valence-electron chi connectivity index (χ1n) is 6.11. The predicted octanol–water partition coefficient (Wildman–Crippen LogP) is 3.25. The van der Waals surface area contributed by atoms with Gasteiger partial charge in [0.1, 0.15) is 0 Å². The third kappa shape index (κ3) is 4.14. The fourth-order valence-electron chi connectivity index (χ4n) is 1.62. The van der Waals surface area contributed by atoms with Crippen molar-refractivity contribution in [1.29, 1.82) is 0 Å². The lowest BCUT2D eigenvalue weighted by Gasteiger charge is -2.00. The normalized spacial score (nSPS) is 11.1. The second-order valence-electron chi connectivity index (χ2n) is 4.18. The zero-order valence-electron chi connectivity index (χ0n) is 11.0. The molecule has 0 fully saturated rings. The van der Waals surface area contributed by atoms with E-state index in [1.165, 1.54) is 5.56 Å². The smallest absolute Gasteiger partial charge is 0.196 e. The number of nitrogens with one attached hydrogen (secondary N) is 1. The van der Waals surface area contributed by atoms with E-state index in [1.807, 2.05) is 0 Å². The lowest BCUT2D eigenvalue weighted by molar-refractivity contribution is 0.199. The van der Waals surface area contributed by atoms with E-state index in [9.17, 15) is 0 Å². The van der Waals surface area contributed by atoms with Gasteiger partial charge in [0.05, 0.1) is 21.5 Å². The Morgan fingerprint density at radius 2 is 2.32 bits per heavy atom. The van der Waals surface area contributed by atoms with Crippen LogP contribution in [-0.2, 0) is 11.2 Å². The molecule has 0 amide bonds. The Morgan fingerprint density at radius 1 is 1.47 bits per heavy atom. The van der Waals surface area contributed by atoms with Crippen LogP contribution in [0.3, 0.4) is 0 Å². The number of aromatic nitrogens is 1. The number of ether oxygens (including phenoxy) is 1. The summed E-state index contributed by atoms with van der Waals surface area (Å²) in [7, 11) is 1.70. The summed E-state index contributed by atoms with van der Waals surface area (Å²) in [5, 5.41) is 3.27. The number of oxazole rings is 1. The van der Waals surface area contributed by atoms with Crippen molar-refractivity contribution in [1.82, 2.24) is 10.3 Å². The molecule has 0 unspecified atom stereocenters. The Balaban J connectivity index is 1.88. The van der Waals surface area contributed by atoms with Crippen LogP contribution in [0.15, 0.2) is 20.5 Å². The zero-order chi connectivity index (χ0) is 13.7. The summed E-state index contributed by atoms with van der Waals surface area (Å²) in [6.45, 7) is 4.48. The molecule has 2 aromatic heterocycles. The molecular weight excluding hydrogens is 328 g/mol. The van der Waals surface area contributed by atoms with E-state index >= 15 is 0 Å². The van der Waals surface area contributed by atoms with E-state index in [-0.39, 0.29) is 0 Å². The van der Waals surface area contributed by atoms with E-state index in [1.54, 1.807) is 24.6 Å². The van der Waals surface area contributed by atoms with Crippen LogP contribution in [0.5, 0.6) is 0 Å². The van der Waals surface area contributed by atoms with E-state index in [2.05, 4.69) is 39.2 Å². The first-order valence-corrected chi connectivity index (χ1v) is 7.72. The molecule has 0 aromatic carbocycles. The minimum atomic E-state index is 0.722. The summed E-state index contributed by atoms with van der Waals surface area (Å²) >= 11 is 5.19. The zero-order valence-corrected chi connectivity index (χ0v) is 13.4. The van der Waals surface area contributed by atoms with Gasteiger partial charge in [-0.15, -0.1) is 11.3 Å². The van der Waals surface area contributed by atoms with Crippen LogP contribution in [0.25, 0.3) is 10.6 Å². The third-order valence-corrected chi connectivity index (χ3v) is 4.80. The van der Waals surface area contributed by atoms with Crippen LogP contribution in [0.4, 0.5) is 0 Å². The van der Waals surface area contributed by atoms with Gasteiger partial charge in [-0.2, -0.15) is 0 Å². The molecule has 0 atom stereocenters. The molecule has 0 spiro atoms. The van der Waals surface area contributed by atoms with Gasteiger partial charge in [0, 0.05) is 26.6 Å². The van der Waals surface area contributed by atoms with E-state index in [4.69, 9.17) is 9.15 Å². The van der Waals surface area contributed by atoms with Gasteiger partial charge in [-0.3, -0.25) is 0 Å². The van der Waals surface area contributed by atoms with Gasteiger partial charge in [-0.25, -0.2) is 4.98 Å². The Bertz CT molecular complexity index is 505. The van der Waals surface area contributed by atoms with Gasteiger partial charge in [0.15, 0.2) is 11.7 Å². The summed E-state index contributed by atoms with van der Waals surface area (Å²) in [6.07, 6.45) is 2.58. The second-order valence-corrected chi connectivity index (χ2v) is 6.55. The van der Waals surface area contributed by atoms with Crippen LogP contribution in [-0.4, -0.2) is 31.8 Å². The topological polar surface area (TPSA) is 47.3 Å². The van der Waals surface area contributed by atoms with Crippen molar-refractivity contribution in [2.24, 2.45) is 0 Å². The number of hydrogen-bond acceptors (Lipinski definition) is 5. The van der Waals surface area contributed by atoms with E-state index < -0.39 is 0 Å². The molecule has 0 bridgehead atoms. The number of halogens is 1. The van der Waals surface area contributed by atoms with Crippen molar-refractivity contribution in [3.8, 4) is 10.6 Å². The van der Waals surface area contributed by atoms with Crippen LogP contribution < -0.4 is 5.32 Å². The summed E-state index contributed by atoms with van der Waals surface area (Å²) in [6, 6.07) is 2.11. The highest BCUT2D eigenvalue weighted by molar-refractivity contribution is 9.11. The van der Waals surface area contributed by atoms with Crippen molar-refractivity contribution in [3.63, 3.8) is 0 Å². The average Bonchev–Trinajstić information content (AvgIpc) is 2.97. The molecule has 4 nitrogen and oxygen atoms in total. The standard InChI is InChI=1S/C13H17BrN2O2S/c1-9-7-11(19-13(9)14)10-8-16-12(18-10)3-4-15-5-6-17-2/h7-8,15H,3-6H2,1-2H3. The molecule has 0 saturated carbocycles. The van der Waals surface area contributed by atoms with Gasteiger partial charge in [-0.1, -0.05) is 0 Å². The molecule has 1 N–H and O–H groups in total. The molecule has 0 radical (unpaired) electrons. The lowest BCUT2D eigenvalue weighted by Crippen LogP contribution is -2.21. The summed E-state index contributed by atoms with van der Waals surface area (Å²) in [5.74, 6) is 1.60. The largest absolute Gasteiger partial charge is 0.440 e. The van der Waals surface area contributed by atoms with Gasteiger partial charge in [0.25, 0.3) is 0 Å². The predicted molar refractivity (Wildman–Crippen MR) is 80.7 cm³/mol. The highest BCUT2D eigenvalue weighted by Gasteiger charge is 2.10. The Hall–Kier alpha value is -0.690. The van der Waals surface area contributed by atoms with Crippen LogP contribution in [0.2, 0.25) is 0 Å². The molecule has 19 heavy (non-hydrogen) atoms. The molecule has 2 rings (SSSR count).